The van der Waals surface area contributed by atoms with Gasteiger partial charge in [-0.3, -0.25) is 0 Å². The zero-order valence-corrected chi connectivity index (χ0v) is 12.0. The highest BCUT2D eigenvalue weighted by Crippen LogP contribution is 2.22. The molecule has 0 amide bonds. The van der Waals surface area contributed by atoms with Crippen LogP contribution in [0.2, 0.25) is 0 Å². The number of carbonyl (C=O) groups is 1. The molecule has 0 spiro atoms. The van der Waals surface area contributed by atoms with Crippen LogP contribution in [0.15, 0.2) is 61.2 Å². The van der Waals surface area contributed by atoms with Gasteiger partial charge in [0, 0.05) is 12.5 Å². The van der Waals surface area contributed by atoms with Crippen molar-refractivity contribution in [3.8, 4) is 16.9 Å². The topological polar surface area (TPSA) is 35.5 Å². The summed E-state index contributed by atoms with van der Waals surface area (Å²) < 4.78 is 10.1. The Labute approximate surface area is 124 Å². The fraction of sp³-hybridized carbons (Fsp3) is 0.167. The van der Waals surface area contributed by atoms with Crippen LogP contribution >= 0.6 is 0 Å². The summed E-state index contributed by atoms with van der Waals surface area (Å²) in [5, 5.41) is 0. The summed E-state index contributed by atoms with van der Waals surface area (Å²) in [6.45, 7) is 3.73. The molecule has 0 aromatic heterocycles. The molecular weight excluding hydrogens is 264 g/mol. The average molecular weight is 282 g/mol. The molecule has 0 atom stereocenters. The molecule has 0 heterocycles. The lowest BCUT2D eigenvalue weighted by Gasteiger charge is -2.06. The lowest BCUT2D eigenvalue weighted by molar-refractivity contribution is -0.137. The van der Waals surface area contributed by atoms with Crippen LogP contribution in [0.4, 0.5) is 0 Å². The van der Waals surface area contributed by atoms with E-state index in [0.717, 1.165) is 22.4 Å². The fourth-order valence-electron chi connectivity index (χ4n) is 1.98. The normalized spacial score (nSPS) is 9.95. The van der Waals surface area contributed by atoms with Crippen molar-refractivity contribution >= 4 is 5.97 Å². The Bertz CT molecular complexity index is 597. The summed E-state index contributed by atoms with van der Waals surface area (Å²) >= 11 is 0. The van der Waals surface area contributed by atoms with E-state index in [1.54, 1.807) is 7.11 Å². The van der Waals surface area contributed by atoms with Gasteiger partial charge >= 0.3 is 5.97 Å². The molecule has 2 aromatic rings. The molecule has 0 aliphatic rings. The molecule has 2 aromatic carbocycles. The first-order valence-corrected chi connectivity index (χ1v) is 6.75. The molecule has 0 saturated heterocycles. The predicted molar refractivity (Wildman–Crippen MR) is 83.3 cm³/mol. The summed E-state index contributed by atoms with van der Waals surface area (Å²) in [5.74, 6) is 0.462. The number of ether oxygens (including phenoxy) is 2. The molecule has 3 nitrogen and oxygen atoms in total. The maximum absolute atomic E-state index is 10.9. The van der Waals surface area contributed by atoms with Crippen LogP contribution in [0.5, 0.6) is 5.75 Å². The summed E-state index contributed by atoms with van der Waals surface area (Å²) in [7, 11) is 1.66. The van der Waals surface area contributed by atoms with Gasteiger partial charge < -0.3 is 9.47 Å². The van der Waals surface area contributed by atoms with E-state index in [1.807, 2.05) is 36.4 Å². The standard InChI is InChI=1S/C18H18O3/c1-3-18(19)21-13-12-14-4-6-15(7-5-14)16-8-10-17(20-2)11-9-16/h3-11H,1,12-13H2,2H3. The maximum atomic E-state index is 10.9. The van der Waals surface area contributed by atoms with Crippen LogP contribution in [0, 0.1) is 0 Å². The van der Waals surface area contributed by atoms with Gasteiger partial charge in [0.05, 0.1) is 13.7 Å². The molecule has 0 unspecified atom stereocenters. The number of benzene rings is 2. The Morgan fingerprint density at radius 2 is 1.62 bits per heavy atom. The third-order valence-electron chi connectivity index (χ3n) is 3.18. The monoisotopic (exact) mass is 282 g/mol. The predicted octanol–water partition coefficient (Wildman–Crippen LogP) is 3.63. The van der Waals surface area contributed by atoms with Crippen molar-refractivity contribution in [3.63, 3.8) is 0 Å². The van der Waals surface area contributed by atoms with Gasteiger partial charge in [-0.15, -0.1) is 0 Å². The molecule has 0 fully saturated rings. The van der Waals surface area contributed by atoms with Crippen molar-refractivity contribution in [1.82, 2.24) is 0 Å². The number of hydrogen-bond acceptors (Lipinski definition) is 3. The summed E-state index contributed by atoms with van der Waals surface area (Å²) in [6, 6.07) is 16.1. The van der Waals surface area contributed by atoms with E-state index < -0.39 is 0 Å². The smallest absolute Gasteiger partial charge is 0.330 e. The average Bonchev–Trinajstić information content (AvgIpc) is 2.55. The zero-order chi connectivity index (χ0) is 15.1. The van der Waals surface area contributed by atoms with Gasteiger partial charge in [-0.05, 0) is 28.8 Å². The van der Waals surface area contributed by atoms with Gasteiger partial charge in [-0.25, -0.2) is 4.79 Å². The first kappa shape index (κ1) is 14.9. The first-order chi connectivity index (χ1) is 10.2. The fourth-order valence-corrected chi connectivity index (χ4v) is 1.98. The maximum Gasteiger partial charge on any atom is 0.330 e. The van der Waals surface area contributed by atoms with Gasteiger partial charge in [0.2, 0.25) is 0 Å². The van der Waals surface area contributed by atoms with Crippen molar-refractivity contribution in [2.45, 2.75) is 6.42 Å². The van der Waals surface area contributed by atoms with Crippen LogP contribution in [0.25, 0.3) is 11.1 Å². The van der Waals surface area contributed by atoms with Gasteiger partial charge in [-0.1, -0.05) is 43.0 Å². The molecule has 0 N–H and O–H groups in total. The molecule has 3 heteroatoms. The van der Waals surface area contributed by atoms with E-state index in [4.69, 9.17) is 9.47 Å². The van der Waals surface area contributed by atoms with Gasteiger partial charge in [0.1, 0.15) is 5.75 Å². The first-order valence-electron chi connectivity index (χ1n) is 6.75. The molecular formula is C18H18O3. The molecule has 2 rings (SSSR count). The van der Waals surface area contributed by atoms with Crippen LogP contribution in [0.3, 0.4) is 0 Å². The minimum absolute atomic E-state index is 0.368. The lowest BCUT2D eigenvalue weighted by atomic mass is 10.0. The van der Waals surface area contributed by atoms with Gasteiger partial charge in [0.15, 0.2) is 0 Å². The Hall–Kier alpha value is -2.55. The highest BCUT2D eigenvalue weighted by Gasteiger charge is 2.00. The summed E-state index contributed by atoms with van der Waals surface area (Å²) in [6.07, 6.45) is 1.87. The van der Waals surface area contributed by atoms with E-state index in [0.29, 0.717) is 13.0 Å². The van der Waals surface area contributed by atoms with Crippen LogP contribution in [0.1, 0.15) is 5.56 Å². The Kier molecular flexibility index (Phi) is 5.16. The van der Waals surface area contributed by atoms with Crippen LogP contribution in [-0.2, 0) is 16.0 Å². The second kappa shape index (κ2) is 7.29. The van der Waals surface area contributed by atoms with Gasteiger partial charge in [-0.2, -0.15) is 0 Å². The SMILES string of the molecule is C=CC(=O)OCCc1ccc(-c2ccc(OC)cc2)cc1. The Morgan fingerprint density at radius 3 is 2.14 bits per heavy atom. The Balaban J connectivity index is 1.97. The summed E-state index contributed by atoms with van der Waals surface area (Å²) in [4.78, 5) is 10.9. The van der Waals surface area contributed by atoms with E-state index in [9.17, 15) is 4.79 Å². The van der Waals surface area contributed by atoms with Crippen molar-refractivity contribution in [2.24, 2.45) is 0 Å². The molecule has 0 saturated carbocycles. The van der Waals surface area contributed by atoms with E-state index in [2.05, 4.69) is 18.7 Å². The second-order valence-corrected chi connectivity index (χ2v) is 4.55. The number of carbonyl (C=O) groups excluding carboxylic acids is 1. The number of methoxy groups -OCH3 is 1. The molecule has 0 aliphatic heterocycles. The number of rotatable bonds is 6. The van der Waals surface area contributed by atoms with Crippen molar-refractivity contribution < 1.29 is 14.3 Å². The van der Waals surface area contributed by atoms with Crippen molar-refractivity contribution in [2.75, 3.05) is 13.7 Å². The quantitative estimate of drug-likeness (QED) is 0.599. The third-order valence-corrected chi connectivity index (χ3v) is 3.18. The molecule has 0 aliphatic carbocycles. The van der Waals surface area contributed by atoms with E-state index in [-0.39, 0.29) is 5.97 Å². The summed E-state index contributed by atoms with van der Waals surface area (Å²) in [5.41, 5.74) is 3.41. The zero-order valence-electron chi connectivity index (χ0n) is 12.0. The lowest BCUT2D eigenvalue weighted by Crippen LogP contribution is -2.04. The highest BCUT2D eigenvalue weighted by atomic mass is 16.5. The largest absolute Gasteiger partial charge is 0.497 e. The van der Waals surface area contributed by atoms with Crippen LogP contribution in [-0.4, -0.2) is 19.7 Å². The molecule has 0 radical (unpaired) electrons. The minimum atomic E-state index is -0.384. The molecule has 0 bridgehead atoms. The van der Waals surface area contributed by atoms with Crippen LogP contribution < -0.4 is 4.74 Å². The second-order valence-electron chi connectivity index (χ2n) is 4.55. The van der Waals surface area contributed by atoms with E-state index in [1.165, 1.54) is 6.08 Å². The molecule has 21 heavy (non-hydrogen) atoms. The van der Waals surface area contributed by atoms with Crippen molar-refractivity contribution in [1.29, 1.82) is 0 Å². The molecule has 108 valence electrons. The number of esters is 1. The third kappa shape index (κ3) is 4.21. The van der Waals surface area contributed by atoms with Crippen molar-refractivity contribution in [3.05, 3.63) is 66.7 Å². The van der Waals surface area contributed by atoms with Gasteiger partial charge in [0.25, 0.3) is 0 Å². The minimum Gasteiger partial charge on any atom is -0.497 e. The number of hydrogen-bond donors (Lipinski definition) is 0. The Morgan fingerprint density at radius 1 is 1.05 bits per heavy atom. The highest BCUT2D eigenvalue weighted by molar-refractivity contribution is 5.81. The van der Waals surface area contributed by atoms with E-state index >= 15 is 0 Å².